The lowest BCUT2D eigenvalue weighted by atomic mass is 9.50. The minimum atomic E-state index is 0.103. The average molecular weight is 283 g/mol. The van der Waals surface area contributed by atoms with Crippen LogP contribution in [-0.2, 0) is 16.6 Å². The highest BCUT2D eigenvalue weighted by Crippen LogP contribution is 2.62. The van der Waals surface area contributed by atoms with Gasteiger partial charge in [-0.05, 0) is 61.4 Å². The highest BCUT2D eigenvalue weighted by Gasteiger charge is 2.64. The van der Waals surface area contributed by atoms with Gasteiger partial charge in [-0.3, -0.25) is 0 Å². The molecule has 2 aliphatic carbocycles. The van der Waals surface area contributed by atoms with Crippen molar-refractivity contribution in [3.63, 3.8) is 0 Å². The number of fused-ring (bicyclic) bond motifs is 1. The first-order valence-electron chi connectivity index (χ1n) is 8.12. The monoisotopic (exact) mass is 283 g/mol. The molecule has 1 fully saturated rings. The van der Waals surface area contributed by atoms with E-state index in [1.165, 1.54) is 23.3 Å². The minimum Gasteiger partial charge on any atom is -0.501 e. The number of aryl methyl sites for hydroxylation is 1. The van der Waals surface area contributed by atoms with Gasteiger partial charge in [-0.1, -0.05) is 19.1 Å². The predicted octanol–water partition coefficient (Wildman–Crippen LogP) is 3.40. The Hall–Kier alpha value is -1.28. The molecule has 1 N–H and O–H groups in total. The molecule has 1 aromatic rings. The molecular weight excluding hydrogens is 258 g/mol. The van der Waals surface area contributed by atoms with Gasteiger partial charge in [0.25, 0.3) is 0 Å². The highest BCUT2D eigenvalue weighted by molar-refractivity contribution is 5.54. The van der Waals surface area contributed by atoms with Gasteiger partial charge in [-0.2, -0.15) is 0 Å². The molecule has 1 saturated heterocycles. The maximum Gasteiger partial charge on any atom is 0.0999 e. The standard InChI is InChI=1S/C19H25NO/c1-12-7-8-14-10-15-18(3)16(21-4)6-5-9-19(18,11-20-15)17(14)13(12)2/h6-8,15,20H,5,9-11H2,1-4H3. The Balaban J connectivity index is 2.03. The van der Waals surface area contributed by atoms with Crippen LogP contribution in [0.4, 0.5) is 0 Å². The third-order valence-corrected chi connectivity index (χ3v) is 6.70. The van der Waals surface area contributed by atoms with E-state index in [1.54, 1.807) is 11.1 Å². The highest BCUT2D eigenvalue weighted by atomic mass is 16.5. The molecule has 3 aliphatic rings. The fraction of sp³-hybridized carbons (Fsp3) is 0.579. The van der Waals surface area contributed by atoms with E-state index < -0.39 is 0 Å². The van der Waals surface area contributed by atoms with Gasteiger partial charge in [0.2, 0.25) is 0 Å². The second-order valence-electron chi connectivity index (χ2n) is 7.27. The molecule has 2 nitrogen and oxygen atoms in total. The summed E-state index contributed by atoms with van der Waals surface area (Å²) in [6, 6.07) is 5.16. The van der Waals surface area contributed by atoms with Gasteiger partial charge in [-0.15, -0.1) is 0 Å². The molecule has 2 bridgehead atoms. The van der Waals surface area contributed by atoms with E-state index in [0.29, 0.717) is 6.04 Å². The summed E-state index contributed by atoms with van der Waals surface area (Å²) in [6.07, 6.45) is 5.81. The Kier molecular flexibility index (Phi) is 2.63. The maximum absolute atomic E-state index is 5.85. The van der Waals surface area contributed by atoms with Crippen LogP contribution in [0.2, 0.25) is 0 Å². The molecular formula is C19H25NO. The molecule has 1 aromatic carbocycles. The van der Waals surface area contributed by atoms with E-state index >= 15 is 0 Å². The van der Waals surface area contributed by atoms with Crippen LogP contribution >= 0.6 is 0 Å². The molecule has 2 heteroatoms. The van der Waals surface area contributed by atoms with Crippen molar-refractivity contribution in [1.29, 1.82) is 0 Å². The topological polar surface area (TPSA) is 21.3 Å². The summed E-state index contributed by atoms with van der Waals surface area (Å²) in [6.45, 7) is 8.07. The molecule has 0 saturated carbocycles. The average Bonchev–Trinajstić information content (AvgIpc) is 2.66. The van der Waals surface area contributed by atoms with E-state index in [-0.39, 0.29) is 10.8 Å². The lowest BCUT2D eigenvalue weighted by molar-refractivity contribution is 0.0794. The zero-order valence-corrected chi connectivity index (χ0v) is 13.5. The Bertz CT molecular complexity index is 647. The van der Waals surface area contributed by atoms with Gasteiger partial charge in [0, 0.05) is 18.0 Å². The van der Waals surface area contributed by atoms with Gasteiger partial charge in [0.15, 0.2) is 0 Å². The first kappa shape index (κ1) is 13.4. The van der Waals surface area contributed by atoms with Gasteiger partial charge in [0.1, 0.15) is 0 Å². The van der Waals surface area contributed by atoms with Crippen LogP contribution < -0.4 is 5.32 Å². The number of benzene rings is 1. The van der Waals surface area contributed by atoms with Gasteiger partial charge >= 0.3 is 0 Å². The molecule has 4 rings (SSSR count). The number of allylic oxidation sites excluding steroid dienone is 1. The fourth-order valence-electron chi connectivity index (χ4n) is 5.41. The van der Waals surface area contributed by atoms with Crippen LogP contribution in [0.1, 0.15) is 42.0 Å². The lowest BCUT2D eigenvalue weighted by Crippen LogP contribution is -2.54. The number of ether oxygens (including phenoxy) is 1. The Morgan fingerprint density at radius 1 is 1.29 bits per heavy atom. The zero-order valence-electron chi connectivity index (χ0n) is 13.5. The molecule has 0 aromatic heterocycles. The summed E-state index contributed by atoms with van der Waals surface area (Å²) < 4.78 is 5.85. The summed E-state index contributed by atoms with van der Waals surface area (Å²) in [5, 5.41) is 3.83. The molecule has 0 amide bonds. The number of nitrogens with one attached hydrogen (secondary N) is 1. The van der Waals surface area contributed by atoms with Gasteiger partial charge in [-0.25, -0.2) is 0 Å². The number of rotatable bonds is 1. The Morgan fingerprint density at radius 2 is 2.10 bits per heavy atom. The second kappa shape index (κ2) is 4.13. The summed E-state index contributed by atoms with van der Waals surface area (Å²) in [7, 11) is 1.84. The smallest absolute Gasteiger partial charge is 0.0999 e. The van der Waals surface area contributed by atoms with E-state index in [9.17, 15) is 0 Å². The molecule has 1 aliphatic heterocycles. The van der Waals surface area contributed by atoms with Crippen molar-refractivity contribution in [2.45, 2.75) is 51.5 Å². The van der Waals surface area contributed by atoms with Crippen molar-refractivity contribution in [2.75, 3.05) is 13.7 Å². The summed E-state index contributed by atoms with van der Waals surface area (Å²) in [4.78, 5) is 0. The molecule has 112 valence electrons. The van der Waals surface area contributed by atoms with E-state index in [1.807, 2.05) is 7.11 Å². The van der Waals surface area contributed by atoms with Crippen molar-refractivity contribution in [1.82, 2.24) is 5.32 Å². The SMILES string of the molecule is COC1=CCCC23CNC(Cc4ccc(C)c(C)c42)C13C. The van der Waals surface area contributed by atoms with Crippen LogP contribution in [0.3, 0.4) is 0 Å². The second-order valence-corrected chi connectivity index (χ2v) is 7.27. The lowest BCUT2D eigenvalue weighted by Gasteiger charge is -2.53. The van der Waals surface area contributed by atoms with Gasteiger partial charge < -0.3 is 10.1 Å². The predicted molar refractivity (Wildman–Crippen MR) is 85.5 cm³/mol. The zero-order chi connectivity index (χ0) is 14.8. The van der Waals surface area contributed by atoms with Crippen LogP contribution in [0.15, 0.2) is 24.0 Å². The molecule has 21 heavy (non-hydrogen) atoms. The molecule has 1 heterocycles. The maximum atomic E-state index is 5.85. The van der Waals surface area contributed by atoms with Crippen molar-refractivity contribution < 1.29 is 4.74 Å². The van der Waals surface area contributed by atoms with Crippen molar-refractivity contribution in [3.8, 4) is 0 Å². The van der Waals surface area contributed by atoms with Crippen molar-refractivity contribution >= 4 is 0 Å². The van der Waals surface area contributed by atoms with Crippen LogP contribution in [0.25, 0.3) is 0 Å². The third kappa shape index (κ3) is 1.37. The van der Waals surface area contributed by atoms with Crippen molar-refractivity contribution in [2.24, 2.45) is 5.41 Å². The van der Waals surface area contributed by atoms with Crippen LogP contribution in [0, 0.1) is 19.3 Å². The largest absolute Gasteiger partial charge is 0.501 e. The van der Waals surface area contributed by atoms with Crippen molar-refractivity contribution in [3.05, 3.63) is 46.2 Å². The van der Waals surface area contributed by atoms with E-state index in [4.69, 9.17) is 4.74 Å². The van der Waals surface area contributed by atoms with E-state index in [2.05, 4.69) is 44.3 Å². The van der Waals surface area contributed by atoms with Crippen LogP contribution in [-0.4, -0.2) is 19.7 Å². The first-order chi connectivity index (χ1) is 10.0. The molecule has 0 radical (unpaired) electrons. The fourth-order valence-corrected chi connectivity index (χ4v) is 5.41. The molecule has 3 unspecified atom stereocenters. The number of methoxy groups -OCH3 is 1. The molecule has 0 spiro atoms. The van der Waals surface area contributed by atoms with E-state index in [0.717, 1.165) is 19.4 Å². The number of hydrogen-bond acceptors (Lipinski definition) is 2. The number of hydrogen-bond donors (Lipinski definition) is 1. The molecule has 3 atom stereocenters. The normalized spacial score (nSPS) is 36.8. The van der Waals surface area contributed by atoms with Crippen LogP contribution in [0.5, 0.6) is 0 Å². The summed E-state index contributed by atoms with van der Waals surface area (Å²) >= 11 is 0. The summed E-state index contributed by atoms with van der Waals surface area (Å²) in [5.74, 6) is 1.20. The summed E-state index contributed by atoms with van der Waals surface area (Å²) in [5.41, 5.74) is 6.41. The minimum absolute atomic E-state index is 0.103. The Morgan fingerprint density at radius 3 is 2.86 bits per heavy atom. The Labute approximate surface area is 127 Å². The van der Waals surface area contributed by atoms with Gasteiger partial charge in [0.05, 0.1) is 18.3 Å². The first-order valence-corrected chi connectivity index (χ1v) is 8.12. The quantitative estimate of drug-likeness (QED) is 0.853. The third-order valence-electron chi connectivity index (χ3n) is 6.70.